The van der Waals surface area contributed by atoms with Crippen molar-refractivity contribution < 1.29 is 4.39 Å². The third-order valence-corrected chi connectivity index (χ3v) is 2.69. The Morgan fingerprint density at radius 1 is 1.40 bits per heavy atom. The Kier molecular flexibility index (Phi) is 2.76. The molecule has 15 heavy (non-hydrogen) atoms. The van der Waals surface area contributed by atoms with Gasteiger partial charge in [-0.05, 0) is 37.1 Å². The van der Waals surface area contributed by atoms with Gasteiger partial charge in [-0.1, -0.05) is 13.3 Å². The van der Waals surface area contributed by atoms with Crippen molar-refractivity contribution in [2.75, 3.05) is 0 Å². The normalized spacial score (nSPS) is 11.1. The Morgan fingerprint density at radius 3 is 2.93 bits per heavy atom. The lowest BCUT2D eigenvalue weighted by Gasteiger charge is -2.03. The van der Waals surface area contributed by atoms with E-state index in [2.05, 4.69) is 24.6 Å². The van der Waals surface area contributed by atoms with Gasteiger partial charge in [0.25, 0.3) is 0 Å². The monoisotopic (exact) mass is 204 g/mol. The van der Waals surface area contributed by atoms with Gasteiger partial charge >= 0.3 is 0 Å². The highest BCUT2D eigenvalue weighted by Crippen LogP contribution is 2.22. The quantitative estimate of drug-likeness (QED) is 0.718. The highest BCUT2D eigenvalue weighted by Gasteiger charge is 2.05. The fourth-order valence-corrected chi connectivity index (χ4v) is 1.92. The van der Waals surface area contributed by atoms with E-state index in [-0.39, 0.29) is 5.82 Å². The molecule has 1 radical (unpaired) electrons. The van der Waals surface area contributed by atoms with Gasteiger partial charge in [-0.3, -0.25) is 0 Å². The number of halogens is 1. The van der Waals surface area contributed by atoms with Crippen LogP contribution in [0.15, 0.2) is 24.4 Å². The molecule has 0 amide bonds. The van der Waals surface area contributed by atoms with Gasteiger partial charge in [0.1, 0.15) is 5.82 Å². The number of unbranched alkanes of at least 4 members (excludes halogenated alkanes) is 1. The maximum Gasteiger partial charge on any atom is 0.125 e. The summed E-state index contributed by atoms with van der Waals surface area (Å²) in [5.41, 5.74) is 2.19. The topological polar surface area (TPSA) is 4.93 Å². The molecule has 0 fully saturated rings. The lowest BCUT2D eigenvalue weighted by molar-refractivity contribution is 0.625. The zero-order chi connectivity index (χ0) is 10.8. The molecule has 0 unspecified atom stereocenters. The van der Waals surface area contributed by atoms with Crippen molar-refractivity contribution in [2.45, 2.75) is 26.3 Å². The van der Waals surface area contributed by atoms with Crippen LogP contribution < -0.4 is 0 Å². The summed E-state index contributed by atoms with van der Waals surface area (Å²) in [5.74, 6) is -0.170. The summed E-state index contributed by atoms with van der Waals surface area (Å²) < 4.78 is 15.2. The fourth-order valence-electron chi connectivity index (χ4n) is 1.92. The number of hydrogen-bond donors (Lipinski definition) is 0. The molecule has 1 aromatic heterocycles. The van der Waals surface area contributed by atoms with Crippen molar-refractivity contribution in [2.24, 2.45) is 0 Å². The Labute approximate surface area is 89.5 Å². The maximum atomic E-state index is 13.1. The molecule has 2 rings (SSSR count). The van der Waals surface area contributed by atoms with Crippen LogP contribution in [0.2, 0.25) is 0 Å². The molecule has 0 spiro atoms. The van der Waals surface area contributed by atoms with E-state index in [0.717, 1.165) is 30.3 Å². The first-order valence-corrected chi connectivity index (χ1v) is 5.26. The number of hydrogen-bond acceptors (Lipinski definition) is 0. The molecule has 2 heteroatoms. The first-order valence-electron chi connectivity index (χ1n) is 5.26. The Hall–Kier alpha value is -1.31. The second-order valence-electron chi connectivity index (χ2n) is 3.87. The molecule has 0 aliphatic carbocycles. The zero-order valence-electron chi connectivity index (χ0n) is 8.96. The van der Waals surface area contributed by atoms with Gasteiger partial charge in [-0.15, -0.1) is 0 Å². The summed E-state index contributed by atoms with van der Waals surface area (Å²) in [6.07, 6.45) is 4.02. The number of rotatable bonds is 3. The third kappa shape index (κ3) is 1.89. The highest BCUT2D eigenvalue weighted by molar-refractivity contribution is 5.83. The van der Waals surface area contributed by atoms with Gasteiger partial charge in [0.15, 0.2) is 0 Å². The van der Waals surface area contributed by atoms with Crippen LogP contribution in [0.25, 0.3) is 10.9 Å². The van der Waals surface area contributed by atoms with Gasteiger partial charge in [0, 0.05) is 18.1 Å². The van der Waals surface area contributed by atoms with Gasteiger partial charge in [0.05, 0.1) is 5.52 Å². The molecule has 0 saturated heterocycles. The number of aryl methyl sites for hydroxylation is 2. The minimum Gasteiger partial charge on any atom is -0.347 e. The summed E-state index contributed by atoms with van der Waals surface area (Å²) in [7, 11) is 0. The first kappa shape index (κ1) is 10.2. The van der Waals surface area contributed by atoms with Crippen LogP contribution in [0, 0.1) is 19.7 Å². The lowest BCUT2D eigenvalue weighted by atomic mass is 10.2. The van der Waals surface area contributed by atoms with Crippen LogP contribution in [-0.2, 0) is 6.54 Å². The molecule has 2 aromatic rings. The maximum absolute atomic E-state index is 13.1. The summed E-state index contributed by atoms with van der Waals surface area (Å²) in [5, 5.41) is 1.14. The number of nitrogens with zero attached hydrogens (tertiary/aromatic N) is 1. The van der Waals surface area contributed by atoms with Crippen molar-refractivity contribution in [1.29, 1.82) is 0 Å². The molecule has 1 heterocycles. The SMILES string of the molecule is [CH2]CCCn1cc(C)c2ccc(F)cc21. The van der Waals surface area contributed by atoms with E-state index in [4.69, 9.17) is 0 Å². The summed E-state index contributed by atoms with van der Waals surface area (Å²) in [4.78, 5) is 0. The fraction of sp³-hybridized carbons (Fsp3) is 0.308. The molecular formula is C13H15FN. The van der Waals surface area contributed by atoms with Gasteiger partial charge in [0.2, 0.25) is 0 Å². The van der Waals surface area contributed by atoms with Crippen LogP contribution >= 0.6 is 0 Å². The van der Waals surface area contributed by atoms with Crippen LogP contribution in [0.3, 0.4) is 0 Å². The molecule has 1 nitrogen and oxygen atoms in total. The lowest BCUT2D eigenvalue weighted by Crippen LogP contribution is -1.95. The van der Waals surface area contributed by atoms with Crippen LogP contribution in [0.4, 0.5) is 4.39 Å². The first-order chi connectivity index (χ1) is 7.22. The Balaban J connectivity index is 2.49. The smallest absolute Gasteiger partial charge is 0.125 e. The average Bonchev–Trinajstić information content (AvgIpc) is 2.52. The predicted molar refractivity (Wildman–Crippen MR) is 61.2 cm³/mol. The van der Waals surface area contributed by atoms with Crippen molar-refractivity contribution in [3.05, 3.63) is 42.7 Å². The van der Waals surface area contributed by atoms with Crippen molar-refractivity contribution >= 4 is 10.9 Å². The van der Waals surface area contributed by atoms with E-state index in [0.29, 0.717) is 0 Å². The molecule has 0 aliphatic heterocycles. The number of benzene rings is 1. The summed E-state index contributed by atoms with van der Waals surface area (Å²) >= 11 is 0. The zero-order valence-corrected chi connectivity index (χ0v) is 8.96. The van der Waals surface area contributed by atoms with E-state index in [1.54, 1.807) is 6.07 Å². The standard InChI is InChI=1S/C13H15FN/c1-3-4-7-15-9-10(2)12-6-5-11(14)8-13(12)15/h5-6,8-9H,1,3-4,7H2,2H3. The minimum absolute atomic E-state index is 0.170. The molecular weight excluding hydrogens is 189 g/mol. The van der Waals surface area contributed by atoms with Crippen LogP contribution in [-0.4, -0.2) is 4.57 Å². The van der Waals surface area contributed by atoms with E-state index < -0.39 is 0 Å². The second-order valence-corrected chi connectivity index (χ2v) is 3.87. The third-order valence-electron chi connectivity index (χ3n) is 2.69. The van der Waals surface area contributed by atoms with Crippen molar-refractivity contribution in [3.63, 3.8) is 0 Å². The van der Waals surface area contributed by atoms with E-state index in [1.807, 2.05) is 6.07 Å². The van der Waals surface area contributed by atoms with Crippen molar-refractivity contribution in [3.8, 4) is 0 Å². The van der Waals surface area contributed by atoms with Crippen molar-refractivity contribution in [1.82, 2.24) is 4.57 Å². The summed E-state index contributed by atoms with van der Waals surface area (Å²) in [6, 6.07) is 4.97. The van der Waals surface area contributed by atoms with Crippen LogP contribution in [0.5, 0.6) is 0 Å². The minimum atomic E-state index is -0.170. The summed E-state index contributed by atoms with van der Waals surface area (Å²) in [6.45, 7) is 6.79. The average molecular weight is 204 g/mol. The second kappa shape index (κ2) is 4.05. The van der Waals surface area contributed by atoms with Crippen LogP contribution in [0.1, 0.15) is 18.4 Å². The number of fused-ring (bicyclic) bond motifs is 1. The molecule has 79 valence electrons. The van der Waals surface area contributed by atoms with Gasteiger partial charge in [-0.2, -0.15) is 0 Å². The molecule has 1 aromatic carbocycles. The molecule has 0 aliphatic rings. The molecule has 0 saturated carbocycles. The van der Waals surface area contributed by atoms with Gasteiger partial charge < -0.3 is 4.57 Å². The molecule has 0 atom stereocenters. The number of aromatic nitrogens is 1. The molecule has 0 bridgehead atoms. The largest absolute Gasteiger partial charge is 0.347 e. The van der Waals surface area contributed by atoms with E-state index in [9.17, 15) is 4.39 Å². The van der Waals surface area contributed by atoms with Gasteiger partial charge in [-0.25, -0.2) is 4.39 Å². The highest BCUT2D eigenvalue weighted by atomic mass is 19.1. The Bertz CT molecular complexity index is 471. The van der Waals surface area contributed by atoms with E-state index in [1.165, 1.54) is 11.6 Å². The predicted octanol–water partition coefficient (Wildman–Crippen LogP) is 3.70. The molecule has 0 N–H and O–H groups in total. The van der Waals surface area contributed by atoms with E-state index >= 15 is 0 Å². The Morgan fingerprint density at radius 2 is 2.20 bits per heavy atom.